The first-order chi connectivity index (χ1) is 19.6. The van der Waals surface area contributed by atoms with Gasteiger partial charge in [-0.05, 0) is 31.2 Å². The van der Waals surface area contributed by atoms with E-state index in [4.69, 9.17) is 14.2 Å². The molecule has 2 aromatic carbocycles. The predicted octanol–water partition coefficient (Wildman–Crippen LogP) is 4.37. The number of halogens is 6. The summed E-state index contributed by atoms with van der Waals surface area (Å²) < 4.78 is 94.4. The van der Waals surface area contributed by atoms with Crippen LogP contribution in [0.4, 0.5) is 26.3 Å². The Balaban J connectivity index is 0.000000228. The number of ether oxygens (including phenoxy) is 3. The molecule has 0 aliphatic heterocycles. The monoisotopic (exact) mass is 588 g/mol. The number of hydrogen-bond acceptors (Lipinski definition) is 9. The summed E-state index contributed by atoms with van der Waals surface area (Å²) in [6, 6.07) is 5.26. The van der Waals surface area contributed by atoms with Crippen LogP contribution in [0.15, 0.2) is 36.7 Å². The molecule has 0 aliphatic carbocycles. The van der Waals surface area contributed by atoms with Gasteiger partial charge in [0.15, 0.2) is 23.1 Å². The average Bonchev–Trinajstić information content (AvgIpc) is 3.64. The van der Waals surface area contributed by atoms with Crippen LogP contribution < -0.4 is 9.47 Å². The average molecular weight is 588 g/mol. The topological polar surface area (TPSA) is 126 Å². The normalized spacial score (nSPS) is 10.9. The molecule has 0 amide bonds. The maximum atomic E-state index is 14.3. The van der Waals surface area contributed by atoms with E-state index in [0.29, 0.717) is 0 Å². The van der Waals surface area contributed by atoms with Gasteiger partial charge in [0, 0.05) is 5.56 Å². The van der Waals surface area contributed by atoms with Gasteiger partial charge in [-0.15, -0.1) is 10.2 Å². The highest BCUT2D eigenvalue weighted by Gasteiger charge is 2.25. The van der Waals surface area contributed by atoms with Crippen LogP contribution in [0, 0.1) is 11.6 Å². The number of nitrogens with zero attached hydrogens (tertiary/aromatic N) is 6. The van der Waals surface area contributed by atoms with Crippen molar-refractivity contribution >= 4 is 5.97 Å². The highest BCUT2D eigenvalue weighted by atomic mass is 19.3. The molecule has 0 spiro atoms. The van der Waals surface area contributed by atoms with Crippen molar-refractivity contribution in [2.24, 2.45) is 0 Å². The van der Waals surface area contributed by atoms with Gasteiger partial charge in [0.1, 0.15) is 17.0 Å². The SMILES string of the molecule is CCOC(=O)c1c(-n2cc(C(F)F)nn2)ccc(OC)c1F.COc1ccc(-n2cc(C(F)F)nn2)c(CO)c1F. The van der Waals surface area contributed by atoms with E-state index in [1.807, 2.05) is 0 Å². The summed E-state index contributed by atoms with van der Waals surface area (Å²) in [5.41, 5.74) is -1.64. The molecular weight excluding hydrogens is 566 g/mol. The number of carbonyl (C=O) groups is 1. The Morgan fingerprint density at radius 2 is 1.34 bits per heavy atom. The number of aliphatic hydroxyl groups is 1. The molecule has 0 saturated carbocycles. The van der Waals surface area contributed by atoms with E-state index in [9.17, 15) is 36.2 Å². The van der Waals surface area contributed by atoms with E-state index in [1.54, 1.807) is 6.92 Å². The summed E-state index contributed by atoms with van der Waals surface area (Å²) in [5, 5.41) is 22.7. The Labute approximate surface area is 227 Å². The number of hydrogen-bond donors (Lipinski definition) is 1. The maximum absolute atomic E-state index is 14.3. The van der Waals surface area contributed by atoms with Crippen molar-refractivity contribution in [2.75, 3.05) is 20.8 Å². The van der Waals surface area contributed by atoms with Crippen LogP contribution in [-0.4, -0.2) is 61.9 Å². The van der Waals surface area contributed by atoms with Gasteiger partial charge in [-0.25, -0.2) is 40.5 Å². The summed E-state index contributed by atoms with van der Waals surface area (Å²) in [7, 11) is 2.51. The fraction of sp³-hybridized carbons (Fsp3) is 0.292. The fourth-order valence-corrected chi connectivity index (χ4v) is 3.39. The summed E-state index contributed by atoms with van der Waals surface area (Å²) in [5.74, 6) is -2.92. The van der Waals surface area contributed by atoms with Gasteiger partial charge in [0.2, 0.25) is 0 Å². The third-order valence-corrected chi connectivity index (χ3v) is 5.31. The minimum atomic E-state index is -2.83. The zero-order valence-corrected chi connectivity index (χ0v) is 21.6. The van der Waals surface area contributed by atoms with Crippen LogP contribution in [0.2, 0.25) is 0 Å². The lowest BCUT2D eigenvalue weighted by molar-refractivity contribution is 0.0520. The molecule has 0 aliphatic rings. The number of methoxy groups -OCH3 is 2. The van der Waals surface area contributed by atoms with E-state index in [1.165, 1.54) is 38.5 Å². The van der Waals surface area contributed by atoms with Crippen LogP contribution in [0.25, 0.3) is 11.4 Å². The summed E-state index contributed by atoms with van der Waals surface area (Å²) in [6.45, 7) is 0.955. The maximum Gasteiger partial charge on any atom is 0.343 e. The first-order valence-electron chi connectivity index (χ1n) is 11.5. The number of aromatic nitrogens is 6. The second-order valence-corrected chi connectivity index (χ2v) is 7.71. The molecule has 11 nitrogen and oxygen atoms in total. The molecule has 41 heavy (non-hydrogen) atoms. The van der Waals surface area contributed by atoms with Crippen LogP contribution in [0.3, 0.4) is 0 Å². The predicted molar refractivity (Wildman–Crippen MR) is 128 cm³/mol. The lowest BCUT2D eigenvalue weighted by Crippen LogP contribution is -2.13. The van der Waals surface area contributed by atoms with Crippen LogP contribution in [0.1, 0.15) is 47.1 Å². The van der Waals surface area contributed by atoms with Gasteiger partial charge < -0.3 is 19.3 Å². The molecule has 0 saturated heterocycles. The first kappa shape index (κ1) is 30.9. The van der Waals surface area contributed by atoms with Crippen molar-refractivity contribution < 1.29 is 50.5 Å². The van der Waals surface area contributed by atoms with E-state index in [-0.39, 0.29) is 35.0 Å². The van der Waals surface area contributed by atoms with Crippen molar-refractivity contribution in [3.05, 3.63) is 70.8 Å². The Kier molecular flexibility index (Phi) is 10.2. The van der Waals surface area contributed by atoms with Crippen LogP contribution in [0.5, 0.6) is 11.5 Å². The molecule has 220 valence electrons. The summed E-state index contributed by atoms with van der Waals surface area (Å²) in [6.07, 6.45) is -3.71. The summed E-state index contributed by atoms with van der Waals surface area (Å²) >= 11 is 0. The van der Waals surface area contributed by atoms with E-state index in [0.717, 1.165) is 21.8 Å². The highest BCUT2D eigenvalue weighted by molar-refractivity contribution is 5.94. The van der Waals surface area contributed by atoms with Crippen molar-refractivity contribution in [3.8, 4) is 22.9 Å². The number of aliphatic hydroxyl groups excluding tert-OH is 1. The zero-order chi connectivity index (χ0) is 30.3. The largest absolute Gasteiger partial charge is 0.494 e. The van der Waals surface area contributed by atoms with Gasteiger partial charge in [0.05, 0.1) is 51.2 Å². The Morgan fingerprint density at radius 1 is 0.854 bits per heavy atom. The third kappa shape index (κ3) is 6.74. The smallest absolute Gasteiger partial charge is 0.343 e. The lowest BCUT2D eigenvalue weighted by atomic mass is 10.1. The van der Waals surface area contributed by atoms with E-state index < -0.39 is 54.0 Å². The molecule has 4 aromatic rings. The second kappa shape index (κ2) is 13.6. The Bertz CT molecular complexity index is 1500. The molecule has 17 heteroatoms. The minimum absolute atomic E-state index is 0.0224. The van der Waals surface area contributed by atoms with Crippen molar-refractivity contribution in [1.29, 1.82) is 0 Å². The third-order valence-electron chi connectivity index (χ3n) is 5.31. The molecule has 2 aromatic heterocycles. The highest BCUT2D eigenvalue weighted by Crippen LogP contribution is 2.28. The van der Waals surface area contributed by atoms with Gasteiger partial charge in [-0.3, -0.25) is 0 Å². The second-order valence-electron chi connectivity index (χ2n) is 7.71. The number of benzene rings is 2. The van der Waals surface area contributed by atoms with Gasteiger partial charge in [-0.2, -0.15) is 0 Å². The Hall–Kier alpha value is -4.67. The first-order valence-corrected chi connectivity index (χ1v) is 11.5. The van der Waals surface area contributed by atoms with Crippen molar-refractivity contribution in [2.45, 2.75) is 26.4 Å². The molecule has 0 fully saturated rings. The Morgan fingerprint density at radius 3 is 1.78 bits per heavy atom. The molecule has 0 radical (unpaired) electrons. The molecule has 2 heterocycles. The fourth-order valence-electron chi connectivity index (χ4n) is 3.39. The number of esters is 1. The van der Waals surface area contributed by atoms with Crippen molar-refractivity contribution in [3.63, 3.8) is 0 Å². The molecule has 0 atom stereocenters. The summed E-state index contributed by atoms with van der Waals surface area (Å²) in [4.78, 5) is 11.9. The number of alkyl halides is 4. The molecular formula is C24H22F6N6O5. The van der Waals surface area contributed by atoms with Crippen LogP contribution in [-0.2, 0) is 11.3 Å². The zero-order valence-electron chi connectivity index (χ0n) is 21.6. The standard InChI is InChI=1S/C13H12F3N3O3.C11H10F3N3O2/c1-3-22-13(20)10-8(4-5-9(21-2)11(10)14)19-6-7(12(15)16)17-18-19;1-19-9-3-2-8(6(5-18)10(9)12)17-4-7(11(13)14)15-16-17/h4-6,12H,3H2,1-2H3;2-4,11,18H,5H2,1H3. The minimum Gasteiger partial charge on any atom is -0.494 e. The molecule has 0 unspecified atom stereocenters. The van der Waals surface area contributed by atoms with Crippen molar-refractivity contribution in [1.82, 2.24) is 30.0 Å². The molecule has 0 bridgehead atoms. The van der Waals surface area contributed by atoms with Gasteiger partial charge in [0.25, 0.3) is 12.9 Å². The van der Waals surface area contributed by atoms with Crippen LogP contribution >= 0.6 is 0 Å². The van der Waals surface area contributed by atoms with E-state index in [2.05, 4.69) is 20.6 Å². The number of carbonyl (C=O) groups excluding carboxylic acids is 1. The van der Waals surface area contributed by atoms with E-state index >= 15 is 0 Å². The quantitative estimate of drug-likeness (QED) is 0.224. The van der Waals surface area contributed by atoms with Gasteiger partial charge >= 0.3 is 5.97 Å². The molecule has 1 N–H and O–H groups in total. The molecule has 4 rings (SSSR count). The van der Waals surface area contributed by atoms with Gasteiger partial charge in [-0.1, -0.05) is 10.4 Å². The lowest BCUT2D eigenvalue weighted by Gasteiger charge is -2.11. The number of rotatable bonds is 9.